The van der Waals surface area contributed by atoms with E-state index in [1.165, 1.54) is 23.9 Å². The number of aromatic nitrogens is 3. The summed E-state index contributed by atoms with van der Waals surface area (Å²) in [6, 6.07) is 15.8. The molecule has 0 unspecified atom stereocenters. The van der Waals surface area contributed by atoms with Crippen LogP contribution >= 0.6 is 11.8 Å². The zero-order valence-electron chi connectivity index (χ0n) is 15.0. The van der Waals surface area contributed by atoms with E-state index >= 15 is 0 Å². The third-order valence-electron chi connectivity index (χ3n) is 4.85. The molecule has 3 aromatic carbocycles. The van der Waals surface area contributed by atoms with Gasteiger partial charge in [0.1, 0.15) is 5.82 Å². The average molecular weight is 400 g/mol. The standard InChI is InChI=1S/C22H13FN4OS/c23-14-4-5-15-17(9-14)18-16(6-7-25-21(18)28)20-19(15)26-22(27-20)29-11-13-3-1-2-12(8-13)10-24/h1-9H,11H2,(H,25,28)(H,26,27). The Morgan fingerprint density at radius 3 is 2.86 bits per heavy atom. The molecule has 29 heavy (non-hydrogen) atoms. The van der Waals surface area contributed by atoms with Crippen LogP contribution in [-0.4, -0.2) is 15.0 Å². The Labute approximate surface area is 168 Å². The molecule has 0 aliphatic rings. The van der Waals surface area contributed by atoms with Crippen molar-refractivity contribution in [2.75, 3.05) is 0 Å². The number of rotatable bonds is 3. The summed E-state index contributed by atoms with van der Waals surface area (Å²) in [5.74, 6) is 0.240. The van der Waals surface area contributed by atoms with Gasteiger partial charge in [0.15, 0.2) is 5.16 Å². The number of benzene rings is 3. The van der Waals surface area contributed by atoms with Crippen LogP contribution in [0.5, 0.6) is 0 Å². The summed E-state index contributed by atoms with van der Waals surface area (Å²) in [4.78, 5) is 23.2. The van der Waals surface area contributed by atoms with Crippen LogP contribution in [0.15, 0.2) is 64.7 Å². The van der Waals surface area contributed by atoms with Gasteiger partial charge in [0.25, 0.3) is 5.56 Å². The summed E-state index contributed by atoms with van der Waals surface area (Å²) in [6.07, 6.45) is 1.58. The van der Waals surface area contributed by atoms with Crippen molar-refractivity contribution < 1.29 is 4.39 Å². The third-order valence-corrected chi connectivity index (χ3v) is 5.79. The SMILES string of the molecule is N#Cc1cccc(CSc2nc3c4ccc(F)cc4c4c(=O)[nH]ccc4c3[nH]2)c1. The van der Waals surface area contributed by atoms with Crippen molar-refractivity contribution in [1.82, 2.24) is 15.0 Å². The molecule has 0 spiro atoms. The molecule has 0 amide bonds. The minimum atomic E-state index is -0.399. The first-order valence-corrected chi connectivity index (χ1v) is 9.87. The lowest BCUT2D eigenvalue weighted by atomic mass is 10.0. The molecule has 2 aromatic heterocycles. The van der Waals surface area contributed by atoms with E-state index in [0.717, 1.165) is 16.5 Å². The van der Waals surface area contributed by atoms with Crippen molar-refractivity contribution >= 4 is 44.3 Å². The van der Waals surface area contributed by atoms with Gasteiger partial charge in [-0.3, -0.25) is 4.79 Å². The second-order valence-corrected chi connectivity index (χ2v) is 7.62. The van der Waals surface area contributed by atoms with Crippen molar-refractivity contribution in [3.8, 4) is 6.07 Å². The Bertz CT molecular complexity index is 1510. The molecule has 0 radical (unpaired) electrons. The maximum atomic E-state index is 13.9. The van der Waals surface area contributed by atoms with E-state index in [1.54, 1.807) is 24.4 Å². The number of nitriles is 1. The first-order valence-electron chi connectivity index (χ1n) is 8.88. The van der Waals surface area contributed by atoms with Crippen molar-refractivity contribution in [2.45, 2.75) is 10.9 Å². The van der Waals surface area contributed by atoms with E-state index in [0.29, 0.717) is 38.1 Å². The predicted molar refractivity (Wildman–Crippen MR) is 112 cm³/mol. The molecule has 5 aromatic rings. The van der Waals surface area contributed by atoms with Crippen LogP contribution < -0.4 is 5.56 Å². The van der Waals surface area contributed by atoms with E-state index < -0.39 is 5.82 Å². The van der Waals surface area contributed by atoms with E-state index in [9.17, 15) is 9.18 Å². The number of imidazole rings is 1. The van der Waals surface area contributed by atoms with Crippen molar-refractivity contribution in [3.05, 3.63) is 82.0 Å². The molecule has 0 saturated heterocycles. The molecule has 7 heteroatoms. The number of pyridine rings is 1. The molecular formula is C22H13FN4OS. The molecular weight excluding hydrogens is 387 g/mol. The average Bonchev–Trinajstić information content (AvgIpc) is 3.17. The lowest BCUT2D eigenvalue weighted by molar-refractivity contribution is 0.630. The lowest BCUT2D eigenvalue weighted by Crippen LogP contribution is -2.05. The van der Waals surface area contributed by atoms with Gasteiger partial charge < -0.3 is 9.97 Å². The van der Waals surface area contributed by atoms with Crippen LogP contribution in [-0.2, 0) is 5.75 Å². The van der Waals surface area contributed by atoms with Gasteiger partial charge in [0, 0.05) is 28.1 Å². The van der Waals surface area contributed by atoms with Crippen LogP contribution in [0.3, 0.4) is 0 Å². The number of H-pyrrole nitrogens is 2. The monoisotopic (exact) mass is 400 g/mol. The smallest absolute Gasteiger partial charge is 0.256 e. The number of nitrogens with zero attached hydrogens (tertiary/aromatic N) is 2. The zero-order chi connectivity index (χ0) is 20.0. The van der Waals surface area contributed by atoms with Crippen LogP contribution in [0.1, 0.15) is 11.1 Å². The minimum Gasteiger partial charge on any atom is -0.332 e. The van der Waals surface area contributed by atoms with Crippen LogP contribution in [0.4, 0.5) is 4.39 Å². The highest BCUT2D eigenvalue weighted by molar-refractivity contribution is 7.98. The molecule has 2 heterocycles. The second kappa shape index (κ2) is 6.76. The Balaban J connectivity index is 1.67. The molecule has 5 rings (SSSR count). The number of hydrogen-bond donors (Lipinski definition) is 2. The first kappa shape index (κ1) is 17.5. The molecule has 0 atom stereocenters. The molecule has 0 bridgehead atoms. The number of hydrogen-bond acceptors (Lipinski definition) is 4. The predicted octanol–water partition coefficient (Wildman–Crippen LogP) is 4.86. The summed E-state index contributed by atoms with van der Waals surface area (Å²) in [5, 5.41) is 12.2. The Hall–Kier alpha value is -3.63. The molecule has 2 N–H and O–H groups in total. The zero-order valence-corrected chi connectivity index (χ0v) is 15.8. The van der Waals surface area contributed by atoms with E-state index in [2.05, 4.69) is 16.0 Å². The number of halogens is 1. The van der Waals surface area contributed by atoms with Crippen LogP contribution in [0.2, 0.25) is 0 Å². The van der Waals surface area contributed by atoms with Crippen LogP contribution in [0, 0.1) is 17.1 Å². The second-order valence-electron chi connectivity index (χ2n) is 6.65. The number of aromatic amines is 2. The number of thioether (sulfide) groups is 1. The number of nitrogens with one attached hydrogen (secondary N) is 2. The fourth-order valence-electron chi connectivity index (χ4n) is 3.58. The largest absolute Gasteiger partial charge is 0.332 e. The van der Waals surface area contributed by atoms with Crippen molar-refractivity contribution in [3.63, 3.8) is 0 Å². The molecule has 0 fully saturated rings. The topological polar surface area (TPSA) is 85.3 Å². The van der Waals surface area contributed by atoms with Gasteiger partial charge in [0.2, 0.25) is 0 Å². The van der Waals surface area contributed by atoms with Gasteiger partial charge in [-0.1, -0.05) is 23.9 Å². The normalized spacial score (nSPS) is 11.3. The molecule has 0 aliphatic heterocycles. The molecule has 0 saturated carbocycles. The van der Waals surface area contributed by atoms with Gasteiger partial charge in [-0.25, -0.2) is 9.37 Å². The van der Waals surface area contributed by atoms with Gasteiger partial charge in [-0.05, 0) is 42.0 Å². The van der Waals surface area contributed by atoms with E-state index in [4.69, 9.17) is 10.2 Å². The Morgan fingerprint density at radius 2 is 2.00 bits per heavy atom. The Morgan fingerprint density at radius 1 is 1.10 bits per heavy atom. The van der Waals surface area contributed by atoms with E-state index in [1.807, 2.05) is 18.2 Å². The van der Waals surface area contributed by atoms with Gasteiger partial charge >= 0.3 is 0 Å². The van der Waals surface area contributed by atoms with Gasteiger partial charge in [-0.15, -0.1) is 0 Å². The summed E-state index contributed by atoms with van der Waals surface area (Å²) in [7, 11) is 0. The molecule has 5 nitrogen and oxygen atoms in total. The van der Waals surface area contributed by atoms with Gasteiger partial charge in [-0.2, -0.15) is 5.26 Å². The highest BCUT2D eigenvalue weighted by Crippen LogP contribution is 2.34. The summed E-state index contributed by atoms with van der Waals surface area (Å²) < 4.78 is 13.9. The fraction of sp³-hybridized carbons (Fsp3) is 0.0455. The van der Waals surface area contributed by atoms with Crippen LogP contribution in [0.25, 0.3) is 32.6 Å². The first-order chi connectivity index (χ1) is 14.1. The van der Waals surface area contributed by atoms with Crippen molar-refractivity contribution in [2.24, 2.45) is 0 Å². The summed E-state index contributed by atoms with van der Waals surface area (Å²) in [6.45, 7) is 0. The maximum absolute atomic E-state index is 13.9. The fourth-order valence-corrected chi connectivity index (χ4v) is 4.39. The number of fused-ring (bicyclic) bond motifs is 6. The molecule has 0 aliphatic carbocycles. The minimum absolute atomic E-state index is 0.267. The highest BCUT2D eigenvalue weighted by atomic mass is 32.2. The Kier molecular flexibility index (Phi) is 4.07. The summed E-state index contributed by atoms with van der Waals surface area (Å²) in [5.41, 5.74) is 2.82. The van der Waals surface area contributed by atoms with Crippen molar-refractivity contribution in [1.29, 1.82) is 5.26 Å². The quantitative estimate of drug-likeness (QED) is 0.334. The highest BCUT2D eigenvalue weighted by Gasteiger charge is 2.15. The molecule has 140 valence electrons. The third kappa shape index (κ3) is 2.94. The lowest BCUT2D eigenvalue weighted by Gasteiger charge is -2.05. The van der Waals surface area contributed by atoms with Gasteiger partial charge in [0.05, 0.1) is 28.1 Å². The maximum Gasteiger partial charge on any atom is 0.256 e. The summed E-state index contributed by atoms with van der Waals surface area (Å²) >= 11 is 1.51. The van der Waals surface area contributed by atoms with E-state index in [-0.39, 0.29) is 5.56 Å².